The molecule has 2 aromatic rings. The number of rotatable bonds is 8. The van der Waals surface area contributed by atoms with Crippen molar-refractivity contribution in [2.75, 3.05) is 6.54 Å². The maximum atomic E-state index is 13.2. The predicted molar refractivity (Wildman–Crippen MR) is 111 cm³/mol. The van der Waals surface area contributed by atoms with Crippen LogP contribution in [0.25, 0.3) is 0 Å². The summed E-state index contributed by atoms with van der Waals surface area (Å²) in [7, 11) is 2.00. The lowest BCUT2D eigenvalue weighted by atomic mass is 10.1. The zero-order chi connectivity index (χ0) is 20.3. The number of aryl methyl sites for hydroxylation is 2. The summed E-state index contributed by atoms with van der Waals surface area (Å²) in [5.74, 6) is -0.0265. The number of benzene rings is 1. The monoisotopic (exact) mass is 381 g/mol. The zero-order valence-corrected chi connectivity index (χ0v) is 17.4. The lowest BCUT2D eigenvalue weighted by Gasteiger charge is -2.32. The van der Waals surface area contributed by atoms with Gasteiger partial charge in [-0.1, -0.05) is 25.1 Å². The van der Waals surface area contributed by atoms with Crippen molar-refractivity contribution < 1.29 is 9.59 Å². The molecule has 0 unspecified atom stereocenters. The molecule has 1 aromatic heterocycles. The standard InChI is InChI=1S/C23H31N3O2/c1-5-18(3)25(23(28)21-11-7-6-9-17(21)2)16-22(27)26(19-12-13-19)15-20-10-8-14-24(20)4/h6-11,14,18-19H,5,12-13,15-16H2,1-4H3/t18-/m1/s1. The van der Waals surface area contributed by atoms with E-state index in [9.17, 15) is 9.59 Å². The fourth-order valence-electron chi connectivity index (χ4n) is 3.49. The fraction of sp³-hybridized carbons (Fsp3) is 0.478. The second kappa shape index (κ2) is 8.63. The van der Waals surface area contributed by atoms with Crippen LogP contribution in [0.3, 0.4) is 0 Å². The van der Waals surface area contributed by atoms with Gasteiger partial charge in [0.1, 0.15) is 6.54 Å². The van der Waals surface area contributed by atoms with E-state index in [-0.39, 0.29) is 24.4 Å². The van der Waals surface area contributed by atoms with Crippen molar-refractivity contribution in [1.29, 1.82) is 0 Å². The number of hydrogen-bond donors (Lipinski definition) is 0. The third-order valence-corrected chi connectivity index (χ3v) is 5.76. The van der Waals surface area contributed by atoms with E-state index in [1.165, 1.54) is 0 Å². The van der Waals surface area contributed by atoms with Crippen molar-refractivity contribution in [3.8, 4) is 0 Å². The summed E-state index contributed by atoms with van der Waals surface area (Å²) in [6.07, 6.45) is 4.90. The minimum atomic E-state index is -0.0598. The molecule has 1 heterocycles. The Morgan fingerprint density at radius 2 is 1.89 bits per heavy atom. The Kier molecular flexibility index (Phi) is 6.22. The first-order valence-electron chi connectivity index (χ1n) is 10.2. The van der Waals surface area contributed by atoms with Gasteiger partial charge in [0.15, 0.2) is 0 Å². The van der Waals surface area contributed by atoms with Gasteiger partial charge < -0.3 is 14.4 Å². The molecule has 0 bridgehead atoms. The summed E-state index contributed by atoms with van der Waals surface area (Å²) in [5, 5.41) is 0. The van der Waals surface area contributed by atoms with Crippen LogP contribution < -0.4 is 0 Å². The van der Waals surface area contributed by atoms with Crippen LogP contribution in [0.2, 0.25) is 0 Å². The Labute approximate surface area is 167 Å². The molecule has 0 radical (unpaired) electrons. The third kappa shape index (κ3) is 4.46. The normalized spacial score (nSPS) is 14.6. The molecule has 150 valence electrons. The summed E-state index contributed by atoms with van der Waals surface area (Å²) in [4.78, 5) is 30.2. The highest BCUT2D eigenvalue weighted by atomic mass is 16.2. The summed E-state index contributed by atoms with van der Waals surface area (Å²) in [6.45, 7) is 6.73. The van der Waals surface area contributed by atoms with Crippen LogP contribution in [-0.2, 0) is 18.4 Å². The second-order valence-corrected chi connectivity index (χ2v) is 7.87. The number of aromatic nitrogens is 1. The highest BCUT2D eigenvalue weighted by molar-refractivity contribution is 5.98. The Balaban J connectivity index is 1.79. The number of carbonyl (C=O) groups is 2. The largest absolute Gasteiger partial charge is 0.353 e. The molecule has 1 saturated carbocycles. The minimum absolute atomic E-state index is 0.00662. The first-order chi connectivity index (χ1) is 13.4. The second-order valence-electron chi connectivity index (χ2n) is 7.87. The molecular formula is C23H31N3O2. The Bertz CT molecular complexity index is 838. The molecule has 1 aromatic carbocycles. The minimum Gasteiger partial charge on any atom is -0.353 e. The lowest BCUT2D eigenvalue weighted by molar-refractivity contribution is -0.133. The van der Waals surface area contributed by atoms with Crippen LogP contribution in [0.1, 0.15) is 54.7 Å². The van der Waals surface area contributed by atoms with Crippen LogP contribution in [0.15, 0.2) is 42.6 Å². The Morgan fingerprint density at radius 3 is 2.46 bits per heavy atom. The molecule has 0 N–H and O–H groups in total. The van der Waals surface area contributed by atoms with Gasteiger partial charge in [-0.3, -0.25) is 9.59 Å². The molecule has 5 heteroatoms. The Morgan fingerprint density at radius 1 is 1.18 bits per heavy atom. The highest BCUT2D eigenvalue weighted by Gasteiger charge is 2.35. The van der Waals surface area contributed by atoms with Gasteiger partial charge in [-0.2, -0.15) is 0 Å². The van der Waals surface area contributed by atoms with Crippen molar-refractivity contribution in [3.63, 3.8) is 0 Å². The van der Waals surface area contributed by atoms with Crippen LogP contribution >= 0.6 is 0 Å². The number of nitrogens with zero attached hydrogens (tertiary/aromatic N) is 3. The molecule has 28 heavy (non-hydrogen) atoms. The first kappa shape index (κ1) is 20.2. The predicted octanol–water partition coefficient (Wildman–Crippen LogP) is 3.77. The molecule has 1 fully saturated rings. The van der Waals surface area contributed by atoms with Gasteiger partial charge in [0.05, 0.1) is 6.54 Å². The van der Waals surface area contributed by atoms with Gasteiger partial charge >= 0.3 is 0 Å². The molecule has 2 amide bonds. The Hall–Kier alpha value is -2.56. The molecule has 1 atom stereocenters. The van der Waals surface area contributed by atoms with E-state index in [1.807, 2.05) is 73.0 Å². The molecular weight excluding hydrogens is 350 g/mol. The molecule has 0 aliphatic heterocycles. The van der Waals surface area contributed by atoms with Crippen LogP contribution in [0.4, 0.5) is 0 Å². The van der Waals surface area contributed by atoms with Crippen LogP contribution in [0.5, 0.6) is 0 Å². The number of carbonyl (C=O) groups excluding carboxylic acids is 2. The molecule has 0 spiro atoms. The van der Waals surface area contributed by atoms with Crippen molar-refractivity contribution in [1.82, 2.24) is 14.4 Å². The molecule has 0 saturated heterocycles. The first-order valence-corrected chi connectivity index (χ1v) is 10.2. The molecule has 5 nitrogen and oxygen atoms in total. The average molecular weight is 382 g/mol. The molecule has 1 aliphatic rings. The summed E-state index contributed by atoms with van der Waals surface area (Å²) in [5.41, 5.74) is 2.73. The van der Waals surface area contributed by atoms with Gasteiger partial charge in [-0.05, 0) is 56.9 Å². The van der Waals surface area contributed by atoms with Crippen molar-refractivity contribution in [2.45, 2.75) is 58.7 Å². The lowest BCUT2D eigenvalue weighted by Crippen LogP contribution is -2.47. The topological polar surface area (TPSA) is 45.6 Å². The SMILES string of the molecule is CC[C@@H](C)N(CC(=O)N(Cc1cccn1C)C1CC1)C(=O)c1ccccc1C. The van der Waals surface area contributed by atoms with E-state index in [1.54, 1.807) is 4.90 Å². The van der Waals surface area contributed by atoms with Gasteiger partial charge in [-0.15, -0.1) is 0 Å². The molecule has 1 aliphatic carbocycles. The van der Waals surface area contributed by atoms with Crippen LogP contribution in [-0.4, -0.2) is 44.8 Å². The third-order valence-electron chi connectivity index (χ3n) is 5.76. The van der Waals surface area contributed by atoms with E-state index < -0.39 is 0 Å². The van der Waals surface area contributed by atoms with Gasteiger partial charge in [0.25, 0.3) is 5.91 Å². The van der Waals surface area contributed by atoms with E-state index in [0.29, 0.717) is 18.2 Å². The van der Waals surface area contributed by atoms with E-state index in [4.69, 9.17) is 0 Å². The van der Waals surface area contributed by atoms with Gasteiger partial charge in [0, 0.05) is 36.6 Å². The van der Waals surface area contributed by atoms with Crippen LogP contribution in [0, 0.1) is 6.92 Å². The van der Waals surface area contributed by atoms with Crippen molar-refractivity contribution >= 4 is 11.8 Å². The summed E-state index contributed by atoms with van der Waals surface area (Å²) < 4.78 is 2.05. The zero-order valence-electron chi connectivity index (χ0n) is 17.4. The van der Waals surface area contributed by atoms with E-state index >= 15 is 0 Å². The quantitative estimate of drug-likeness (QED) is 0.699. The number of amides is 2. The smallest absolute Gasteiger partial charge is 0.254 e. The summed E-state index contributed by atoms with van der Waals surface area (Å²) in [6, 6.07) is 11.9. The molecule has 3 rings (SSSR count). The van der Waals surface area contributed by atoms with Crippen molar-refractivity contribution in [3.05, 3.63) is 59.4 Å². The van der Waals surface area contributed by atoms with E-state index in [2.05, 4.69) is 6.92 Å². The fourth-order valence-corrected chi connectivity index (χ4v) is 3.49. The van der Waals surface area contributed by atoms with Gasteiger partial charge in [-0.25, -0.2) is 0 Å². The highest BCUT2D eigenvalue weighted by Crippen LogP contribution is 2.29. The van der Waals surface area contributed by atoms with Gasteiger partial charge in [0.2, 0.25) is 5.91 Å². The summed E-state index contributed by atoms with van der Waals surface area (Å²) >= 11 is 0. The maximum Gasteiger partial charge on any atom is 0.254 e. The number of hydrogen-bond acceptors (Lipinski definition) is 2. The van der Waals surface area contributed by atoms with Crippen molar-refractivity contribution in [2.24, 2.45) is 7.05 Å². The average Bonchev–Trinajstić information content (AvgIpc) is 3.45. The van der Waals surface area contributed by atoms with E-state index in [0.717, 1.165) is 30.5 Å². The maximum absolute atomic E-state index is 13.2.